The average Bonchev–Trinajstić information content (AvgIpc) is 2.37. The van der Waals surface area contributed by atoms with Gasteiger partial charge in [0.1, 0.15) is 0 Å². The minimum absolute atomic E-state index is 0.623. The minimum Gasteiger partial charge on any atom is -0.481 e. The molecule has 17 heavy (non-hydrogen) atoms. The summed E-state index contributed by atoms with van der Waals surface area (Å²) in [5.74, 6) is 0.623. The van der Waals surface area contributed by atoms with Crippen LogP contribution in [-0.4, -0.2) is 12.1 Å². The van der Waals surface area contributed by atoms with Crippen LogP contribution in [0.4, 0.5) is 5.69 Å². The minimum atomic E-state index is 0.623. The van der Waals surface area contributed by atoms with Crippen molar-refractivity contribution in [2.45, 2.75) is 6.54 Å². The number of benzene rings is 1. The summed E-state index contributed by atoms with van der Waals surface area (Å²) < 4.78 is 6.09. The molecule has 0 amide bonds. The zero-order chi connectivity index (χ0) is 12.1. The van der Waals surface area contributed by atoms with Crippen LogP contribution in [0.15, 0.2) is 47.1 Å². The van der Waals surface area contributed by atoms with Crippen molar-refractivity contribution >= 4 is 21.6 Å². The molecule has 1 N–H and O–H groups in total. The summed E-state index contributed by atoms with van der Waals surface area (Å²) in [5.41, 5.74) is 2.20. The number of halogens is 1. The molecule has 0 spiro atoms. The molecular formula is C13H13BrN2O. The molecule has 1 aromatic heterocycles. The fourth-order valence-corrected chi connectivity index (χ4v) is 1.90. The maximum Gasteiger partial charge on any atom is 0.213 e. The number of hydrogen-bond acceptors (Lipinski definition) is 3. The fraction of sp³-hybridized carbons (Fsp3) is 0.154. The number of methoxy groups -OCH3 is 1. The molecule has 0 aliphatic carbocycles. The van der Waals surface area contributed by atoms with E-state index in [0.29, 0.717) is 5.88 Å². The Morgan fingerprint density at radius 1 is 1.29 bits per heavy atom. The van der Waals surface area contributed by atoms with Crippen LogP contribution >= 0.6 is 15.9 Å². The van der Waals surface area contributed by atoms with Crippen LogP contribution in [0, 0.1) is 0 Å². The number of aromatic nitrogens is 1. The van der Waals surface area contributed by atoms with Crippen molar-refractivity contribution in [2.24, 2.45) is 0 Å². The first kappa shape index (κ1) is 11.9. The molecule has 88 valence electrons. The molecule has 0 atom stereocenters. The molecule has 0 saturated heterocycles. The van der Waals surface area contributed by atoms with Crippen molar-refractivity contribution in [1.82, 2.24) is 4.98 Å². The predicted octanol–water partition coefficient (Wildman–Crippen LogP) is 3.46. The van der Waals surface area contributed by atoms with Crippen molar-refractivity contribution < 1.29 is 4.74 Å². The third-order valence-corrected chi connectivity index (χ3v) is 2.82. The molecule has 0 aliphatic rings. The maximum absolute atomic E-state index is 5.00. The Morgan fingerprint density at radius 3 is 2.82 bits per heavy atom. The van der Waals surface area contributed by atoms with Crippen molar-refractivity contribution in [3.63, 3.8) is 0 Å². The number of hydrogen-bond donors (Lipinski definition) is 1. The Hall–Kier alpha value is -1.55. The van der Waals surface area contributed by atoms with Crippen molar-refractivity contribution in [3.05, 3.63) is 52.6 Å². The lowest BCUT2D eigenvalue weighted by molar-refractivity contribution is 0.398. The number of anilines is 1. The first-order valence-electron chi connectivity index (χ1n) is 5.26. The van der Waals surface area contributed by atoms with E-state index in [9.17, 15) is 0 Å². The van der Waals surface area contributed by atoms with Crippen LogP contribution in [0.2, 0.25) is 0 Å². The molecule has 0 fully saturated rings. The fourth-order valence-electron chi connectivity index (χ4n) is 1.46. The maximum atomic E-state index is 5.00. The van der Waals surface area contributed by atoms with E-state index >= 15 is 0 Å². The molecule has 3 nitrogen and oxygen atoms in total. The van der Waals surface area contributed by atoms with E-state index < -0.39 is 0 Å². The summed E-state index contributed by atoms with van der Waals surface area (Å²) in [5, 5.41) is 3.30. The highest BCUT2D eigenvalue weighted by molar-refractivity contribution is 9.10. The topological polar surface area (TPSA) is 34.1 Å². The lowest BCUT2D eigenvalue weighted by Crippen LogP contribution is -1.99. The predicted molar refractivity (Wildman–Crippen MR) is 72.3 cm³/mol. The second-order valence-corrected chi connectivity index (χ2v) is 4.49. The first-order chi connectivity index (χ1) is 8.28. The van der Waals surface area contributed by atoms with Gasteiger partial charge in [0.2, 0.25) is 5.88 Å². The lowest BCUT2D eigenvalue weighted by atomic mass is 10.2. The summed E-state index contributed by atoms with van der Waals surface area (Å²) in [4.78, 5) is 4.13. The Bertz CT molecular complexity index is 485. The summed E-state index contributed by atoms with van der Waals surface area (Å²) in [6.45, 7) is 0.771. The highest BCUT2D eigenvalue weighted by atomic mass is 79.9. The first-order valence-corrected chi connectivity index (χ1v) is 6.05. The van der Waals surface area contributed by atoms with E-state index in [-0.39, 0.29) is 0 Å². The van der Waals surface area contributed by atoms with Gasteiger partial charge in [-0.05, 0) is 23.8 Å². The molecule has 0 unspecified atom stereocenters. The molecule has 0 bridgehead atoms. The smallest absolute Gasteiger partial charge is 0.213 e. The molecule has 2 aromatic rings. The molecule has 1 aromatic carbocycles. The van der Waals surface area contributed by atoms with Crippen LogP contribution in [0.3, 0.4) is 0 Å². The Balaban J connectivity index is 1.97. The SMILES string of the molecule is COc1ccc(NCc2cccc(Br)c2)cn1. The van der Waals surface area contributed by atoms with E-state index in [0.717, 1.165) is 16.7 Å². The Labute approximate surface area is 109 Å². The average molecular weight is 293 g/mol. The largest absolute Gasteiger partial charge is 0.481 e. The summed E-state index contributed by atoms with van der Waals surface area (Å²) in [6, 6.07) is 12.0. The zero-order valence-electron chi connectivity index (χ0n) is 9.48. The van der Waals surface area contributed by atoms with E-state index in [1.165, 1.54) is 5.56 Å². The van der Waals surface area contributed by atoms with Gasteiger partial charge in [-0.1, -0.05) is 28.1 Å². The summed E-state index contributed by atoms with van der Waals surface area (Å²) >= 11 is 3.45. The van der Waals surface area contributed by atoms with Gasteiger partial charge >= 0.3 is 0 Å². The third kappa shape index (κ3) is 3.46. The standard InChI is InChI=1S/C13H13BrN2O/c1-17-13-6-5-12(9-16-13)15-8-10-3-2-4-11(14)7-10/h2-7,9,15H,8H2,1H3. The van der Waals surface area contributed by atoms with Gasteiger partial charge in [-0.25, -0.2) is 4.98 Å². The van der Waals surface area contributed by atoms with E-state index in [1.54, 1.807) is 13.3 Å². The van der Waals surface area contributed by atoms with Gasteiger partial charge in [0.15, 0.2) is 0 Å². The van der Waals surface area contributed by atoms with Gasteiger partial charge in [0.05, 0.1) is 19.0 Å². The van der Waals surface area contributed by atoms with Gasteiger partial charge in [-0.3, -0.25) is 0 Å². The summed E-state index contributed by atoms with van der Waals surface area (Å²) in [6.07, 6.45) is 1.76. The molecule has 0 radical (unpaired) electrons. The number of nitrogens with one attached hydrogen (secondary N) is 1. The van der Waals surface area contributed by atoms with E-state index in [4.69, 9.17) is 4.74 Å². The van der Waals surface area contributed by atoms with Crippen molar-refractivity contribution in [3.8, 4) is 5.88 Å². The zero-order valence-corrected chi connectivity index (χ0v) is 11.1. The van der Waals surface area contributed by atoms with Gasteiger partial charge in [0, 0.05) is 17.1 Å². The molecule has 4 heteroatoms. The van der Waals surface area contributed by atoms with Crippen molar-refractivity contribution in [1.29, 1.82) is 0 Å². The summed E-state index contributed by atoms with van der Waals surface area (Å²) in [7, 11) is 1.61. The monoisotopic (exact) mass is 292 g/mol. The van der Waals surface area contributed by atoms with Crippen LogP contribution < -0.4 is 10.1 Å². The quantitative estimate of drug-likeness (QED) is 0.937. The number of pyridine rings is 1. The molecule has 0 aliphatic heterocycles. The molecular weight excluding hydrogens is 280 g/mol. The number of nitrogens with zero attached hydrogens (tertiary/aromatic N) is 1. The van der Waals surface area contributed by atoms with Crippen LogP contribution in [0.5, 0.6) is 5.88 Å². The second-order valence-electron chi connectivity index (χ2n) is 3.57. The van der Waals surface area contributed by atoms with E-state index in [1.807, 2.05) is 24.3 Å². The van der Waals surface area contributed by atoms with Gasteiger partial charge < -0.3 is 10.1 Å². The van der Waals surface area contributed by atoms with Gasteiger partial charge in [-0.15, -0.1) is 0 Å². The van der Waals surface area contributed by atoms with Crippen molar-refractivity contribution in [2.75, 3.05) is 12.4 Å². The third-order valence-electron chi connectivity index (χ3n) is 2.33. The Morgan fingerprint density at radius 2 is 2.18 bits per heavy atom. The van der Waals surface area contributed by atoms with Gasteiger partial charge in [0.25, 0.3) is 0 Å². The van der Waals surface area contributed by atoms with Crippen LogP contribution in [0.25, 0.3) is 0 Å². The molecule has 0 saturated carbocycles. The number of rotatable bonds is 4. The second kappa shape index (κ2) is 5.68. The van der Waals surface area contributed by atoms with Crippen LogP contribution in [-0.2, 0) is 6.54 Å². The molecule has 1 heterocycles. The van der Waals surface area contributed by atoms with Gasteiger partial charge in [-0.2, -0.15) is 0 Å². The van der Waals surface area contributed by atoms with Crippen LogP contribution in [0.1, 0.15) is 5.56 Å². The highest BCUT2D eigenvalue weighted by Gasteiger charge is 1.96. The normalized spacial score (nSPS) is 10.0. The molecule has 2 rings (SSSR count). The highest BCUT2D eigenvalue weighted by Crippen LogP contribution is 2.15. The van der Waals surface area contributed by atoms with E-state index in [2.05, 4.69) is 38.4 Å². The number of ether oxygens (including phenoxy) is 1. The Kier molecular flexibility index (Phi) is 3.98. The lowest BCUT2D eigenvalue weighted by Gasteiger charge is -2.07.